The quantitative estimate of drug-likeness (QED) is 0.465. The SMILES string of the molecule is NCCCN1CCC(CS(=O)(=O)N2[C@@H]3CC[C@H]2CC(NC(=O)c2cc4c(cc2Cl)NC(=O)C4)C3)CC1. The molecule has 0 spiro atoms. The van der Waals surface area contributed by atoms with E-state index in [9.17, 15) is 18.0 Å². The van der Waals surface area contributed by atoms with Gasteiger partial charge in [-0.1, -0.05) is 11.6 Å². The van der Waals surface area contributed by atoms with Crippen LogP contribution in [-0.4, -0.2) is 79.5 Å². The van der Waals surface area contributed by atoms with E-state index in [-0.39, 0.29) is 48.0 Å². The fraction of sp³-hybridized carbons (Fsp3) is 0.680. The third-order valence-electron chi connectivity index (χ3n) is 8.22. The van der Waals surface area contributed by atoms with Crippen molar-refractivity contribution in [2.45, 2.75) is 69.5 Å². The summed E-state index contributed by atoms with van der Waals surface area (Å²) >= 11 is 6.34. The van der Waals surface area contributed by atoms with E-state index in [0.717, 1.165) is 57.3 Å². The van der Waals surface area contributed by atoms with E-state index >= 15 is 0 Å². The molecule has 1 aromatic rings. The maximum atomic E-state index is 13.5. The minimum Gasteiger partial charge on any atom is -0.349 e. The second-order valence-corrected chi connectivity index (χ2v) is 13.1. The number of hydrogen-bond donors (Lipinski definition) is 3. The van der Waals surface area contributed by atoms with Gasteiger partial charge in [-0.2, -0.15) is 4.31 Å². The van der Waals surface area contributed by atoms with Crippen LogP contribution in [0.25, 0.3) is 0 Å². The lowest BCUT2D eigenvalue weighted by Gasteiger charge is -2.39. The van der Waals surface area contributed by atoms with Gasteiger partial charge in [-0.3, -0.25) is 9.59 Å². The molecule has 2 bridgehead atoms. The van der Waals surface area contributed by atoms with Gasteiger partial charge in [-0.25, -0.2) is 8.42 Å². The molecule has 1 unspecified atom stereocenters. The van der Waals surface area contributed by atoms with Crippen molar-refractivity contribution in [1.29, 1.82) is 0 Å². The van der Waals surface area contributed by atoms with E-state index in [2.05, 4.69) is 15.5 Å². The summed E-state index contributed by atoms with van der Waals surface area (Å²) in [6.07, 6.45) is 5.93. The molecule has 198 valence electrons. The van der Waals surface area contributed by atoms with Crippen molar-refractivity contribution >= 4 is 39.1 Å². The topological polar surface area (TPSA) is 125 Å². The number of hydrogen-bond acceptors (Lipinski definition) is 6. The Hall–Kier alpha value is -1.72. The highest BCUT2D eigenvalue weighted by Crippen LogP contribution is 2.39. The van der Waals surface area contributed by atoms with E-state index in [0.29, 0.717) is 35.7 Å². The maximum Gasteiger partial charge on any atom is 0.253 e. The molecule has 9 nitrogen and oxygen atoms in total. The van der Waals surface area contributed by atoms with E-state index < -0.39 is 10.0 Å². The Morgan fingerprint density at radius 2 is 1.83 bits per heavy atom. The first kappa shape index (κ1) is 25.9. The number of nitrogens with two attached hydrogens (primary N) is 1. The van der Waals surface area contributed by atoms with Gasteiger partial charge in [0.15, 0.2) is 0 Å². The number of benzene rings is 1. The number of rotatable bonds is 8. The molecule has 11 heteroatoms. The van der Waals surface area contributed by atoms with Crippen LogP contribution in [0.3, 0.4) is 0 Å². The van der Waals surface area contributed by atoms with Crippen LogP contribution >= 0.6 is 11.6 Å². The third kappa shape index (κ3) is 5.43. The fourth-order valence-corrected chi connectivity index (χ4v) is 9.11. The van der Waals surface area contributed by atoms with Crippen molar-refractivity contribution in [3.8, 4) is 0 Å². The zero-order valence-corrected chi connectivity index (χ0v) is 22.1. The first-order valence-corrected chi connectivity index (χ1v) is 15.1. The number of nitrogens with one attached hydrogen (secondary N) is 2. The number of nitrogens with zero attached hydrogens (tertiary/aromatic N) is 2. The monoisotopic (exact) mass is 537 g/mol. The minimum atomic E-state index is -3.35. The average molecular weight is 538 g/mol. The first-order valence-electron chi connectivity index (χ1n) is 13.1. The lowest BCUT2D eigenvalue weighted by molar-refractivity contribution is -0.115. The highest BCUT2D eigenvalue weighted by atomic mass is 35.5. The van der Waals surface area contributed by atoms with Gasteiger partial charge in [0, 0.05) is 23.8 Å². The Morgan fingerprint density at radius 3 is 2.50 bits per heavy atom. The number of carbonyl (C=O) groups is 2. The van der Waals surface area contributed by atoms with E-state index in [1.54, 1.807) is 16.4 Å². The summed E-state index contributed by atoms with van der Waals surface area (Å²) in [6.45, 7) is 3.56. The molecule has 1 aromatic carbocycles. The number of amides is 2. The predicted octanol–water partition coefficient (Wildman–Crippen LogP) is 1.95. The van der Waals surface area contributed by atoms with Crippen LogP contribution in [0.1, 0.15) is 60.9 Å². The van der Waals surface area contributed by atoms with Crippen molar-refractivity contribution < 1.29 is 18.0 Å². The third-order valence-corrected chi connectivity index (χ3v) is 10.7. The summed E-state index contributed by atoms with van der Waals surface area (Å²) in [7, 11) is -3.35. The van der Waals surface area contributed by atoms with Crippen molar-refractivity contribution in [2.75, 3.05) is 37.2 Å². The Kier molecular flexibility index (Phi) is 7.61. The second kappa shape index (κ2) is 10.6. The number of halogens is 1. The molecular formula is C25H36ClN5O4S. The van der Waals surface area contributed by atoms with Gasteiger partial charge in [-0.15, -0.1) is 0 Å². The van der Waals surface area contributed by atoms with Crippen LogP contribution in [-0.2, 0) is 21.2 Å². The van der Waals surface area contributed by atoms with Gasteiger partial charge in [-0.05, 0) is 94.7 Å². The maximum absolute atomic E-state index is 13.5. The van der Waals surface area contributed by atoms with Crippen LogP contribution in [0.2, 0.25) is 5.02 Å². The molecule has 0 aromatic heterocycles. The predicted molar refractivity (Wildman–Crippen MR) is 140 cm³/mol. The van der Waals surface area contributed by atoms with Gasteiger partial charge >= 0.3 is 0 Å². The molecule has 2 amide bonds. The molecule has 3 fully saturated rings. The molecule has 4 aliphatic heterocycles. The minimum absolute atomic E-state index is 0.0685. The molecule has 36 heavy (non-hydrogen) atoms. The number of carbonyl (C=O) groups excluding carboxylic acids is 2. The Morgan fingerprint density at radius 1 is 1.14 bits per heavy atom. The Labute approximate surface area is 218 Å². The molecule has 4 N–H and O–H groups in total. The zero-order chi connectivity index (χ0) is 25.4. The van der Waals surface area contributed by atoms with Gasteiger partial charge in [0.25, 0.3) is 5.91 Å². The van der Waals surface area contributed by atoms with Crippen molar-refractivity contribution in [1.82, 2.24) is 14.5 Å². The van der Waals surface area contributed by atoms with Gasteiger partial charge in [0.2, 0.25) is 15.9 Å². The van der Waals surface area contributed by atoms with Crippen molar-refractivity contribution in [2.24, 2.45) is 11.7 Å². The summed E-state index contributed by atoms with van der Waals surface area (Å²) in [5, 5.41) is 6.13. The summed E-state index contributed by atoms with van der Waals surface area (Å²) in [4.78, 5) is 27.1. The van der Waals surface area contributed by atoms with Gasteiger partial charge < -0.3 is 21.3 Å². The van der Waals surface area contributed by atoms with Crippen LogP contribution in [0.5, 0.6) is 0 Å². The Bertz CT molecular complexity index is 1110. The standard InChI is InChI=1S/C25H36ClN5O4S/c26-22-14-23-17(11-24(32)29-23)10-21(22)25(33)28-18-12-19-2-3-20(13-18)31(19)36(34,35)15-16-4-8-30(9-5-16)7-1-6-27/h10,14,16,18-20H,1-9,11-13,15,27H2,(H,28,33)(H,29,32)/t18?,19-,20+. The largest absolute Gasteiger partial charge is 0.349 e. The zero-order valence-electron chi connectivity index (χ0n) is 20.5. The molecule has 0 saturated carbocycles. The van der Waals surface area contributed by atoms with Crippen molar-refractivity contribution in [3.63, 3.8) is 0 Å². The Balaban J connectivity index is 1.18. The highest BCUT2D eigenvalue weighted by molar-refractivity contribution is 7.89. The van der Waals surface area contributed by atoms with Crippen LogP contribution in [0.4, 0.5) is 5.69 Å². The smallest absolute Gasteiger partial charge is 0.253 e. The van der Waals surface area contributed by atoms with Gasteiger partial charge in [0.1, 0.15) is 0 Å². The molecule has 0 radical (unpaired) electrons. The van der Waals surface area contributed by atoms with Gasteiger partial charge in [0.05, 0.1) is 22.8 Å². The van der Waals surface area contributed by atoms with Crippen molar-refractivity contribution in [3.05, 3.63) is 28.3 Å². The second-order valence-electron chi connectivity index (χ2n) is 10.8. The molecule has 4 heterocycles. The lowest BCUT2D eigenvalue weighted by Crippen LogP contribution is -2.53. The summed E-state index contributed by atoms with van der Waals surface area (Å²) < 4.78 is 28.7. The average Bonchev–Trinajstić information content (AvgIpc) is 3.33. The van der Waals surface area contributed by atoms with Crippen LogP contribution < -0.4 is 16.4 Å². The summed E-state index contributed by atoms with van der Waals surface area (Å²) in [5.41, 5.74) is 7.38. The van der Waals surface area contributed by atoms with Crippen LogP contribution in [0, 0.1) is 5.92 Å². The van der Waals surface area contributed by atoms with E-state index in [4.69, 9.17) is 17.3 Å². The lowest BCUT2D eigenvalue weighted by atomic mass is 9.99. The fourth-order valence-electron chi connectivity index (χ4n) is 6.47. The van der Waals surface area contributed by atoms with E-state index in [1.165, 1.54) is 0 Å². The molecule has 4 aliphatic rings. The number of likely N-dealkylation sites (tertiary alicyclic amines) is 1. The summed E-state index contributed by atoms with van der Waals surface area (Å²) in [5.74, 6) is 0.0358. The normalized spacial score (nSPS) is 27.2. The highest BCUT2D eigenvalue weighted by Gasteiger charge is 2.47. The molecule has 3 saturated heterocycles. The molecule has 0 aliphatic carbocycles. The number of anilines is 1. The van der Waals surface area contributed by atoms with E-state index in [1.807, 2.05) is 0 Å². The first-order chi connectivity index (χ1) is 17.2. The molecule has 5 rings (SSSR count). The molecule has 3 atom stereocenters. The molecular weight excluding hydrogens is 502 g/mol. The van der Waals surface area contributed by atoms with Crippen LogP contribution in [0.15, 0.2) is 12.1 Å². The number of piperidine rings is 2. The number of fused-ring (bicyclic) bond motifs is 3. The number of sulfonamides is 1. The summed E-state index contributed by atoms with van der Waals surface area (Å²) in [6, 6.07) is 3.07.